The van der Waals surface area contributed by atoms with Gasteiger partial charge in [-0.15, -0.1) is 11.8 Å². The van der Waals surface area contributed by atoms with E-state index in [0.29, 0.717) is 30.0 Å². The predicted molar refractivity (Wildman–Crippen MR) is 81.6 cm³/mol. The second-order valence-corrected chi connectivity index (χ2v) is 8.36. The highest BCUT2D eigenvalue weighted by Gasteiger charge is 2.22. The van der Waals surface area contributed by atoms with Crippen molar-refractivity contribution in [1.29, 1.82) is 0 Å². The van der Waals surface area contributed by atoms with E-state index in [2.05, 4.69) is 0 Å². The molecule has 0 radical (unpaired) electrons. The van der Waals surface area contributed by atoms with Gasteiger partial charge < -0.3 is 4.90 Å². The van der Waals surface area contributed by atoms with Crippen molar-refractivity contribution in [1.82, 2.24) is 4.90 Å². The zero-order chi connectivity index (χ0) is 15.3. The summed E-state index contributed by atoms with van der Waals surface area (Å²) in [6.07, 6.45) is 0.785. The summed E-state index contributed by atoms with van der Waals surface area (Å²) >= 11 is 1.30. The molecule has 0 aromatic heterocycles. The van der Waals surface area contributed by atoms with Gasteiger partial charge in [-0.3, -0.25) is 4.79 Å². The van der Waals surface area contributed by atoms with Crippen molar-refractivity contribution in [2.75, 3.05) is 30.3 Å². The zero-order valence-corrected chi connectivity index (χ0v) is 13.3. The molecule has 21 heavy (non-hydrogen) atoms. The number of nitrogens with zero attached hydrogens (tertiary/aromatic N) is 1. The normalized spacial score (nSPS) is 18.2. The lowest BCUT2D eigenvalue weighted by Crippen LogP contribution is -2.33. The molecule has 0 spiro atoms. The Morgan fingerprint density at radius 2 is 2.00 bits per heavy atom. The fourth-order valence-electron chi connectivity index (χ4n) is 2.16. The molecule has 1 saturated heterocycles. The van der Waals surface area contributed by atoms with Crippen LogP contribution in [0.4, 0.5) is 4.39 Å². The van der Waals surface area contributed by atoms with Crippen LogP contribution in [0.1, 0.15) is 12.8 Å². The Kier molecular flexibility index (Phi) is 5.64. The summed E-state index contributed by atoms with van der Waals surface area (Å²) in [7, 11) is -3.00. The minimum Gasteiger partial charge on any atom is -0.342 e. The summed E-state index contributed by atoms with van der Waals surface area (Å²) in [5, 5.41) is 0. The summed E-state index contributed by atoms with van der Waals surface area (Å²) in [6, 6.07) is 6.46. The fourth-order valence-corrected chi connectivity index (χ4v) is 4.30. The van der Waals surface area contributed by atoms with E-state index in [1.807, 2.05) is 0 Å². The maximum absolute atomic E-state index is 13.4. The smallest absolute Gasteiger partial charge is 0.223 e. The first kappa shape index (κ1) is 16.3. The average molecular weight is 331 g/mol. The van der Waals surface area contributed by atoms with Crippen LogP contribution in [-0.4, -0.2) is 49.6 Å². The minimum absolute atomic E-state index is 0.0409. The van der Waals surface area contributed by atoms with Gasteiger partial charge in [-0.1, -0.05) is 12.1 Å². The van der Waals surface area contributed by atoms with Gasteiger partial charge in [-0.2, -0.15) is 0 Å². The molecule has 0 atom stereocenters. The topological polar surface area (TPSA) is 54.5 Å². The van der Waals surface area contributed by atoms with Crippen LogP contribution in [0.5, 0.6) is 0 Å². The number of carbonyl (C=O) groups is 1. The van der Waals surface area contributed by atoms with Gasteiger partial charge in [0.05, 0.1) is 11.5 Å². The fraction of sp³-hybridized carbons (Fsp3) is 0.500. The molecule has 1 aromatic carbocycles. The summed E-state index contributed by atoms with van der Waals surface area (Å²) < 4.78 is 36.4. The molecule has 1 aliphatic heterocycles. The molecule has 0 unspecified atom stereocenters. The van der Waals surface area contributed by atoms with Gasteiger partial charge in [-0.25, -0.2) is 12.8 Å². The van der Waals surface area contributed by atoms with Crippen molar-refractivity contribution < 1.29 is 17.6 Å². The largest absolute Gasteiger partial charge is 0.342 e. The van der Waals surface area contributed by atoms with Crippen molar-refractivity contribution in [2.45, 2.75) is 17.7 Å². The molecule has 1 aliphatic rings. The minimum atomic E-state index is -3.00. The number of hydrogen-bond acceptors (Lipinski definition) is 4. The van der Waals surface area contributed by atoms with Crippen molar-refractivity contribution >= 4 is 27.5 Å². The van der Waals surface area contributed by atoms with Crippen LogP contribution in [0, 0.1) is 5.82 Å². The molecular weight excluding hydrogens is 313 g/mol. The lowest BCUT2D eigenvalue weighted by atomic mass is 10.3. The number of carbonyl (C=O) groups excluding carboxylic acids is 1. The predicted octanol–water partition coefficient (Wildman–Crippen LogP) is 1.96. The molecule has 0 saturated carbocycles. The zero-order valence-electron chi connectivity index (χ0n) is 11.6. The molecular formula is C14H18FNO3S2. The molecule has 1 heterocycles. The van der Waals surface area contributed by atoms with Crippen LogP contribution in [0.2, 0.25) is 0 Å². The first-order chi connectivity index (χ1) is 9.98. The summed E-state index contributed by atoms with van der Waals surface area (Å²) in [5.41, 5.74) is 0. The highest BCUT2D eigenvalue weighted by atomic mass is 32.2. The second kappa shape index (κ2) is 7.26. The van der Waals surface area contributed by atoms with E-state index >= 15 is 0 Å². The number of rotatable bonds is 4. The molecule has 0 N–H and O–H groups in total. The van der Waals surface area contributed by atoms with Crippen molar-refractivity contribution in [2.24, 2.45) is 0 Å². The van der Waals surface area contributed by atoms with Crippen LogP contribution >= 0.6 is 11.8 Å². The second-order valence-electron chi connectivity index (χ2n) is 4.92. The van der Waals surface area contributed by atoms with Crippen molar-refractivity contribution in [3.63, 3.8) is 0 Å². The van der Waals surface area contributed by atoms with E-state index in [0.717, 1.165) is 0 Å². The molecule has 1 amide bonds. The van der Waals surface area contributed by atoms with E-state index in [1.165, 1.54) is 17.8 Å². The highest BCUT2D eigenvalue weighted by Crippen LogP contribution is 2.22. The number of hydrogen-bond donors (Lipinski definition) is 0. The van der Waals surface area contributed by atoms with Gasteiger partial charge in [0.1, 0.15) is 5.82 Å². The van der Waals surface area contributed by atoms with Crippen LogP contribution in [-0.2, 0) is 14.6 Å². The Balaban J connectivity index is 1.81. The number of benzene rings is 1. The monoisotopic (exact) mass is 331 g/mol. The SMILES string of the molecule is O=C(CCSc1ccccc1F)N1CCCS(=O)(=O)CC1. The van der Waals surface area contributed by atoms with E-state index < -0.39 is 9.84 Å². The van der Waals surface area contributed by atoms with Gasteiger partial charge >= 0.3 is 0 Å². The average Bonchev–Trinajstić information content (AvgIpc) is 2.62. The van der Waals surface area contributed by atoms with Gasteiger partial charge in [0, 0.05) is 30.2 Å². The Morgan fingerprint density at radius 3 is 2.76 bits per heavy atom. The molecule has 0 aliphatic carbocycles. The number of thioether (sulfide) groups is 1. The molecule has 1 fully saturated rings. The van der Waals surface area contributed by atoms with Crippen LogP contribution in [0.25, 0.3) is 0 Å². The maximum atomic E-state index is 13.4. The van der Waals surface area contributed by atoms with Crippen molar-refractivity contribution in [3.05, 3.63) is 30.1 Å². The van der Waals surface area contributed by atoms with Crippen LogP contribution < -0.4 is 0 Å². The molecule has 4 nitrogen and oxygen atoms in total. The first-order valence-corrected chi connectivity index (χ1v) is 9.64. The van der Waals surface area contributed by atoms with Gasteiger partial charge in [0.25, 0.3) is 0 Å². The van der Waals surface area contributed by atoms with E-state index in [-0.39, 0.29) is 29.8 Å². The Hall–Kier alpha value is -1.08. The number of sulfone groups is 1. The quantitative estimate of drug-likeness (QED) is 0.792. The van der Waals surface area contributed by atoms with Crippen LogP contribution in [0.3, 0.4) is 0 Å². The molecule has 116 valence electrons. The third-order valence-corrected chi connectivity index (χ3v) is 6.08. The molecule has 1 aromatic rings. The first-order valence-electron chi connectivity index (χ1n) is 6.83. The molecule has 2 rings (SSSR count). The summed E-state index contributed by atoms with van der Waals surface area (Å²) in [4.78, 5) is 14.2. The summed E-state index contributed by atoms with van der Waals surface area (Å²) in [5.74, 6) is 0.343. The van der Waals surface area contributed by atoms with Gasteiger partial charge in [-0.05, 0) is 18.6 Å². The summed E-state index contributed by atoms with van der Waals surface area (Å²) in [6.45, 7) is 0.758. The molecule has 7 heteroatoms. The highest BCUT2D eigenvalue weighted by molar-refractivity contribution is 7.99. The number of amides is 1. The van der Waals surface area contributed by atoms with Crippen molar-refractivity contribution in [3.8, 4) is 0 Å². The van der Waals surface area contributed by atoms with E-state index in [4.69, 9.17) is 0 Å². The lowest BCUT2D eigenvalue weighted by molar-refractivity contribution is -0.130. The third-order valence-electron chi connectivity index (χ3n) is 3.32. The maximum Gasteiger partial charge on any atom is 0.223 e. The standard InChI is InChI=1S/C14H18FNO3S2/c15-12-4-1-2-5-13(12)20-9-6-14(17)16-7-3-10-21(18,19)11-8-16/h1-2,4-5H,3,6-11H2. The third kappa shape index (κ3) is 5.00. The Morgan fingerprint density at radius 1 is 1.24 bits per heavy atom. The molecule has 0 bridgehead atoms. The van der Waals surface area contributed by atoms with Gasteiger partial charge in [0.2, 0.25) is 5.91 Å². The number of halogens is 1. The van der Waals surface area contributed by atoms with Crippen LogP contribution in [0.15, 0.2) is 29.2 Å². The Bertz CT molecular complexity index is 604. The van der Waals surface area contributed by atoms with E-state index in [9.17, 15) is 17.6 Å². The van der Waals surface area contributed by atoms with Gasteiger partial charge in [0.15, 0.2) is 9.84 Å². The van der Waals surface area contributed by atoms with E-state index in [1.54, 1.807) is 23.1 Å². The Labute approximate surface area is 128 Å². The lowest BCUT2D eigenvalue weighted by Gasteiger charge is -2.19.